The summed E-state index contributed by atoms with van der Waals surface area (Å²) in [5, 5.41) is 3.35. The Morgan fingerprint density at radius 1 is 1.38 bits per heavy atom. The van der Waals surface area contributed by atoms with Crippen molar-refractivity contribution in [2.75, 3.05) is 19.8 Å². The number of rotatable bonds is 8. The van der Waals surface area contributed by atoms with E-state index in [-0.39, 0.29) is 0 Å². The third-order valence-corrected chi connectivity index (χ3v) is 2.53. The third kappa shape index (κ3) is 5.24. The lowest BCUT2D eigenvalue weighted by Crippen LogP contribution is -2.20. The van der Waals surface area contributed by atoms with E-state index in [1.165, 1.54) is 17.5 Å². The molecule has 0 aliphatic carbocycles. The number of nitrogens with zero attached hydrogens (tertiary/aromatic N) is 1. The van der Waals surface area contributed by atoms with Crippen LogP contribution in [0, 0.1) is 6.92 Å². The van der Waals surface area contributed by atoms with Crippen molar-refractivity contribution in [2.24, 2.45) is 0 Å². The van der Waals surface area contributed by atoms with E-state index in [2.05, 4.69) is 24.1 Å². The fourth-order valence-corrected chi connectivity index (χ4v) is 1.40. The zero-order valence-corrected chi connectivity index (χ0v) is 10.3. The zero-order valence-electron chi connectivity index (χ0n) is 10.3. The zero-order chi connectivity index (χ0) is 11.6. The van der Waals surface area contributed by atoms with Gasteiger partial charge in [-0.1, -0.05) is 13.3 Å². The molecule has 1 heterocycles. The van der Waals surface area contributed by atoms with Gasteiger partial charge in [0, 0.05) is 32.1 Å². The van der Waals surface area contributed by atoms with Gasteiger partial charge in [0.15, 0.2) is 0 Å². The molecule has 0 amide bonds. The van der Waals surface area contributed by atoms with E-state index < -0.39 is 0 Å². The van der Waals surface area contributed by atoms with Gasteiger partial charge in [0.25, 0.3) is 0 Å². The summed E-state index contributed by atoms with van der Waals surface area (Å²) in [4.78, 5) is 4.11. The first-order chi connectivity index (χ1) is 7.84. The highest BCUT2D eigenvalue weighted by molar-refractivity contribution is 5.20. The van der Waals surface area contributed by atoms with Crippen molar-refractivity contribution in [1.29, 1.82) is 0 Å². The minimum Gasteiger partial charge on any atom is -0.380 e. The summed E-state index contributed by atoms with van der Waals surface area (Å²) in [5.41, 5.74) is 2.55. The first-order valence-corrected chi connectivity index (χ1v) is 6.02. The number of aromatic nitrogens is 1. The Bertz CT molecular complexity index is 289. The number of nitrogens with one attached hydrogen (secondary N) is 1. The molecular weight excluding hydrogens is 200 g/mol. The molecule has 1 aromatic heterocycles. The van der Waals surface area contributed by atoms with Gasteiger partial charge in [-0.05, 0) is 30.5 Å². The van der Waals surface area contributed by atoms with Crippen molar-refractivity contribution in [2.45, 2.75) is 33.2 Å². The van der Waals surface area contributed by atoms with Gasteiger partial charge in [-0.2, -0.15) is 0 Å². The average Bonchev–Trinajstić information content (AvgIpc) is 2.30. The molecule has 0 aromatic carbocycles. The Kier molecular flexibility index (Phi) is 6.77. The average molecular weight is 222 g/mol. The monoisotopic (exact) mass is 222 g/mol. The summed E-state index contributed by atoms with van der Waals surface area (Å²) in [6, 6.07) is 2.04. The smallest absolute Gasteiger partial charge is 0.0591 e. The Balaban J connectivity index is 2.05. The van der Waals surface area contributed by atoms with Gasteiger partial charge in [-0.15, -0.1) is 0 Å². The maximum absolute atomic E-state index is 5.46. The molecule has 0 saturated carbocycles. The van der Waals surface area contributed by atoms with Crippen LogP contribution in [-0.4, -0.2) is 24.7 Å². The second-order valence-electron chi connectivity index (χ2n) is 3.94. The van der Waals surface area contributed by atoms with Crippen LogP contribution in [0.4, 0.5) is 0 Å². The second-order valence-corrected chi connectivity index (χ2v) is 3.94. The van der Waals surface area contributed by atoms with Crippen molar-refractivity contribution in [3.63, 3.8) is 0 Å². The molecule has 0 fully saturated rings. The topological polar surface area (TPSA) is 34.1 Å². The molecule has 0 radical (unpaired) electrons. The van der Waals surface area contributed by atoms with Crippen molar-refractivity contribution in [1.82, 2.24) is 10.3 Å². The normalized spacial score (nSPS) is 10.6. The number of pyridine rings is 1. The fourth-order valence-electron chi connectivity index (χ4n) is 1.40. The number of ether oxygens (including phenoxy) is 1. The van der Waals surface area contributed by atoms with Crippen LogP contribution in [0.25, 0.3) is 0 Å². The van der Waals surface area contributed by atoms with Crippen LogP contribution in [0.15, 0.2) is 18.5 Å². The Morgan fingerprint density at radius 2 is 2.25 bits per heavy atom. The SMILES string of the molecule is CCCCOCCNCc1cnccc1C. The van der Waals surface area contributed by atoms with Crippen molar-refractivity contribution in [3.8, 4) is 0 Å². The van der Waals surface area contributed by atoms with E-state index in [0.717, 1.165) is 32.7 Å². The first kappa shape index (κ1) is 13.1. The fraction of sp³-hybridized carbons (Fsp3) is 0.615. The summed E-state index contributed by atoms with van der Waals surface area (Å²) < 4.78 is 5.46. The Hall–Kier alpha value is -0.930. The van der Waals surface area contributed by atoms with Gasteiger partial charge in [-0.3, -0.25) is 4.98 Å². The van der Waals surface area contributed by atoms with E-state index in [1.54, 1.807) is 0 Å². The summed E-state index contributed by atoms with van der Waals surface area (Å²) in [5.74, 6) is 0. The lowest BCUT2D eigenvalue weighted by Gasteiger charge is -2.07. The minimum atomic E-state index is 0.791. The highest BCUT2D eigenvalue weighted by Gasteiger charge is 1.96. The Labute approximate surface area is 98.2 Å². The standard InChI is InChI=1S/C13H22N2O/c1-3-4-8-16-9-7-15-11-13-10-14-6-5-12(13)2/h5-6,10,15H,3-4,7-9,11H2,1-2H3. The number of unbranched alkanes of at least 4 members (excludes halogenated alkanes) is 1. The van der Waals surface area contributed by atoms with Crippen molar-refractivity contribution >= 4 is 0 Å². The summed E-state index contributed by atoms with van der Waals surface area (Å²) in [6.07, 6.45) is 6.09. The van der Waals surface area contributed by atoms with Crippen LogP contribution in [-0.2, 0) is 11.3 Å². The van der Waals surface area contributed by atoms with Crippen LogP contribution in [0.2, 0.25) is 0 Å². The largest absolute Gasteiger partial charge is 0.380 e. The van der Waals surface area contributed by atoms with Crippen LogP contribution in [0.1, 0.15) is 30.9 Å². The maximum atomic E-state index is 5.46. The van der Waals surface area contributed by atoms with Crippen molar-refractivity contribution in [3.05, 3.63) is 29.6 Å². The molecule has 0 aliphatic heterocycles. The second kappa shape index (κ2) is 8.25. The Morgan fingerprint density at radius 3 is 3.00 bits per heavy atom. The number of hydrogen-bond donors (Lipinski definition) is 1. The van der Waals surface area contributed by atoms with Gasteiger partial charge in [0.1, 0.15) is 0 Å². The molecule has 1 N–H and O–H groups in total. The predicted octanol–water partition coefficient (Wildman–Crippen LogP) is 2.30. The molecule has 0 atom stereocenters. The highest BCUT2D eigenvalue weighted by atomic mass is 16.5. The molecule has 1 aromatic rings. The molecule has 16 heavy (non-hydrogen) atoms. The maximum Gasteiger partial charge on any atom is 0.0591 e. The van der Waals surface area contributed by atoms with E-state index in [0.29, 0.717) is 0 Å². The van der Waals surface area contributed by atoms with Gasteiger partial charge in [-0.25, -0.2) is 0 Å². The van der Waals surface area contributed by atoms with E-state index in [4.69, 9.17) is 4.74 Å². The molecule has 0 saturated heterocycles. The van der Waals surface area contributed by atoms with Crippen LogP contribution in [0.5, 0.6) is 0 Å². The molecule has 0 aliphatic rings. The molecule has 0 bridgehead atoms. The van der Waals surface area contributed by atoms with Gasteiger partial charge >= 0.3 is 0 Å². The van der Waals surface area contributed by atoms with E-state index in [1.807, 2.05) is 18.5 Å². The van der Waals surface area contributed by atoms with E-state index in [9.17, 15) is 0 Å². The quantitative estimate of drug-likeness (QED) is 0.685. The molecule has 0 unspecified atom stereocenters. The van der Waals surface area contributed by atoms with Crippen LogP contribution in [0.3, 0.4) is 0 Å². The van der Waals surface area contributed by atoms with Crippen LogP contribution < -0.4 is 5.32 Å². The van der Waals surface area contributed by atoms with Gasteiger partial charge < -0.3 is 10.1 Å². The molecule has 3 heteroatoms. The lowest BCUT2D eigenvalue weighted by molar-refractivity contribution is 0.133. The molecule has 0 spiro atoms. The molecule has 1 rings (SSSR count). The molecule has 90 valence electrons. The van der Waals surface area contributed by atoms with Crippen molar-refractivity contribution < 1.29 is 4.74 Å². The molecule has 3 nitrogen and oxygen atoms in total. The van der Waals surface area contributed by atoms with E-state index >= 15 is 0 Å². The predicted molar refractivity (Wildman–Crippen MR) is 66.4 cm³/mol. The number of aryl methyl sites for hydroxylation is 1. The van der Waals surface area contributed by atoms with Crippen LogP contribution >= 0.6 is 0 Å². The summed E-state index contributed by atoms with van der Waals surface area (Å²) >= 11 is 0. The first-order valence-electron chi connectivity index (χ1n) is 6.02. The highest BCUT2D eigenvalue weighted by Crippen LogP contribution is 2.03. The summed E-state index contributed by atoms with van der Waals surface area (Å²) in [7, 11) is 0. The third-order valence-electron chi connectivity index (χ3n) is 2.53. The lowest BCUT2D eigenvalue weighted by atomic mass is 10.2. The molecular formula is C13H22N2O. The van der Waals surface area contributed by atoms with Gasteiger partial charge in [0.2, 0.25) is 0 Å². The van der Waals surface area contributed by atoms with Gasteiger partial charge in [0.05, 0.1) is 6.61 Å². The number of hydrogen-bond acceptors (Lipinski definition) is 3. The minimum absolute atomic E-state index is 0.791. The summed E-state index contributed by atoms with van der Waals surface area (Å²) in [6.45, 7) is 7.72.